The fourth-order valence-electron chi connectivity index (χ4n) is 3.69. The maximum Gasteiger partial charge on any atom is 0.227 e. The van der Waals surface area contributed by atoms with E-state index in [4.69, 9.17) is 9.26 Å². The molecule has 1 aromatic carbocycles. The second-order valence-corrected chi connectivity index (χ2v) is 7.68. The molecule has 0 spiro atoms. The van der Waals surface area contributed by atoms with Crippen molar-refractivity contribution in [1.29, 1.82) is 0 Å². The molecular weight excluding hydrogens is 380 g/mol. The fraction of sp³-hybridized carbons (Fsp3) is 0.391. The van der Waals surface area contributed by atoms with Crippen LogP contribution < -0.4 is 4.74 Å². The van der Waals surface area contributed by atoms with Gasteiger partial charge in [0.15, 0.2) is 0 Å². The molecule has 1 atom stereocenters. The summed E-state index contributed by atoms with van der Waals surface area (Å²) in [5.74, 6) is 2.36. The molecular formula is C23H26N4O3. The number of rotatable bonds is 7. The molecule has 0 bridgehead atoms. The third-order valence-electron chi connectivity index (χ3n) is 5.38. The molecule has 30 heavy (non-hydrogen) atoms. The van der Waals surface area contributed by atoms with Gasteiger partial charge >= 0.3 is 0 Å². The van der Waals surface area contributed by atoms with Crippen LogP contribution in [0.4, 0.5) is 0 Å². The van der Waals surface area contributed by atoms with Gasteiger partial charge in [-0.2, -0.15) is 4.98 Å². The number of benzene rings is 1. The fourth-order valence-corrected chi connectivity index (χ4v) is 3.69. The van der Waals surface area contributed by atoms with Gasteiger partial charge in [0.05, 0.1) is 6.61 Å². The molecule has 1 unspecified atom stereocenters. The number of piperidine rings is 1. The average Bonchev–Trinajstić information content (AvgIpc) is 3.27. The largest absolute Gasteiger partial charge is 0.493 e. The maximum absolute atomic E-state index is 12.7. The van der Waals surface area contributed by atoms with Crippen LogP contribution in [0.1, 0.15) is 30.7 Å². The lowest BCUT2D eigenvalue weighted by atomic mass is 9.98. The van der Waals surface area contributed by atoms with Crippen LogP contribution in [0.25, 0.3) is 11.4 Å². The van der Waals surface area contributed by atoms with Gasteiger partial charge in [0.25, 0.3) is 0 Å². The zero-order valence-electron chi connectivity index (χ0n) is 17.2. The van der Waals surface area contributed by atoms with E-state index in [9.17, 15) is 4.79 Å². The number of likely N-dealkylation sites (tertiary alicyclic amines) is 1. The standard InChI is InChI=1S/C23H26N4O3/c1-17-6-2-3-9-20(17)29-16-18-7-5-13-27(15-18)22(28)11-10-21-25-23(26-30-21)19-8-4-12-24-14-19/h2-4,6,8-9,12,14,18H,5,7,10-11,13,15-16H2,1H3. The smallest absolute Gasteiger partial charge is 0.227 e. The van der Waals surface area contributed by atoms with Crippen molar-refractivity contribution in [3.63, 3.8) is 0 Å². The Bertz CT molecular complexity index is 973. The lowest BCUT2D eigenvalue weighted by Gasteiger charge is -2.32. The number of aromatic nitrogens is 3. The van der Waals surface area contributed by atoms with Crippen molar-refractivity contribution < 1.29 is 14.1 Å². The molecule has 0 saturated carbocycles. The minimum atomic E-state index is 0.122. The molecule has 3 aromatic rings. The molecule has 3 heterocycles. The van der Waals surface area contributed by atoms with Crippen LogP contribution >= 0.6 is 0 Å². The van der Waals surface area contributed by atoms with Crippen molar-refractivity contribution >= 4 is 5.91 Å². The van der Waals surface area contributed by atoms with Gasteiger partial charge in [-0.15, -0.1) is 0 Å². The van der Waals surface area contributed by atoms with Gasteiger partial charge in [0.1, 0.15) is 5.75 Å². The minimum Gasteiger partial charge on any atom is -0.493 e. The van der Waals surface area contributed by atoms with Gasteiger partial charge in [-0.3, -0.25) is 9.78 Å². The first-order valence-corrected chi connectivity index (χ1v) is 10.4. The molecule has 1 amide bonds. The number of amides is 1. The Morgan fingerprint density at radius 1 is 1.27 bits per heavy atom. The van der Waals surface area contributed by atoms with Crippen molar-refractivity contribution in [2.24, 2.45) is 5.92 Å². The Morgan fingerprint density at radius 2 is 2.17 bits per heavy atom. The third kappa shape index (κ3) is 5.03. The topological polar surface area (TPSA) is 81.4 Å². The van der Waals surface area contributed by atoms with E-state index in [1.165, 1.54) is 0 Å². The molecule has 156 valence electrons. The van der Waals surface area contributed by atoms with Gasteiger partial charge < -0.3 is 14.2 Å². The molecule has 1 aliphatic rings. The van der Waals surface area contributed by atoms with Gasteiger partial charge in [-0.1, -0.05) is 23.4 Å². The summed E-state index contributed by atoms with van der Waals surface area (Å²) in [5, 5.41) is 3.98. The van der Waals surface area contributed by atoms with E-state index in [2.05, 4.69) is 15.1 Å². The zero-order chi connectivity index (χ0) is 20.8. The van der Waals surface area contributed by atoms with Crippen molar-refractivity contribution in [1.82, 2.24) is 20.0 Å². The quantitative estimate of drug-likeness (QED) is 0.595. The van der Waals surface area contributed by atoms with Crippen molar-refractivity contribution in [3.8, 4) is 17.1 Å². The molecule has 0 aliphatic carbocycles. The summed E-state index contributed by atoms with van der Waals surface area (Å²) in [6.07, 6.45) is 6.26. The van der Waals surface area contributed by atoms with Crippen molar-refractivity contribution in [3.05, 3.63) is 60.2 Å². The molecule has 1 aliphatic heterocycles. The van der Waals surface area contributed by atoms with Crippen LogP contribution in [-0.2, 0) is 11.2 Å². The Morgan fingerprint density at radius 3 is 3.00 bits per heavy atom. The van der Waals surface area contributed by atoms with Crippen molar-refractivity contribution in [2.45, 2.75) is 32.6 Å². The number of carbonyl (C=O) groups excluding carboxylic acids is 1. The Labute approximate surface area is 176 Å². The van der Waals surface area contributed by atoms with Gasteiger partial charge in [-0.25, -0.2) is 0 Å². The number of nitrogens with zero attached hydrogens (tertiary/aromatic N) is 4. The Hall–Kier alpha value is -3.22. The summed E-state index contributed by atoms with van der Waals surface area (Å²) >= 11 is 0. The highest BCUT2D eigenvalue weighted by molar-refractivity contribution is 5.76. The summed E-state index contributed by atoms with van der Waals surface area (Å²) in [6.45, 7) is 4.20. The summed E-state index contributed by atoms with van der Waals surface area (Å²) in [5.41, 5.74) is 1.93. The summed E-state index contributed by atoms with van der Waals surface area (Å²) < 4.78 is 11.3. The lowest BCUT2D eigenvalue weighted by Crippen LogP contribution is -2.41. The second-order valence-electron chi connectivity index (χ2n) is 7.68. The molecule has 4 rings (SSSR count). The summed E-state index contributed by atoms with van der Waals surface area (Å²) in [7, 11) is 0. The first-order chi connectivity index (χ1) is 14.7. The molecule has 1 saturated heterocycles. The van der Waals surface area contributed by atoms with E-state index in [1.807, 2.05) is 48.2 Å². The van der Waals surface area contributed by atoms with Crippen molar-refractivity contribution in [2.75, 3.05) is 19.7 Å². The highest BCUT2D eigenvalue weighted by Gasteiger charge is 2.24. The number of hydrogen-bond donors (Lipinski definition) is 0. The normalized spacial score (nSPS) is 16.4. The number of aryl methyl sites for hydroxylation is 2. The number of carbonyl (C=O) groups is 1. The van der Waals surface area contributed by atoms with Crippen LogP contribution in [0.2, 0.25) is 0 Å². The number of hydrogen-bond acceptors (Lipinski definition) is 6. The monoisotopic (exact) mass is 406 g/mol. The van der Waals surface area contributed by atoms with Crippen LogP contribution in [-0.4, -0.2) is 45.6 Å². The first kappa shape index (κ1) is 20.1. The number of pyridine rings is 1. The van der Waals surface area contributed by atoms with Gasteiger partial charge in [-0.05, 0) is 43.5 Å². The zero-order valence-corrected chi connectivity index (χ0v) is 17.2. The predicted molar refractivity (Wildman–Crippen MR) is 112 cm³/mol. The number of para-hydroxylation sites is 1. The number of ether oxygens (including phenoxy) is 1. The molecule has 7 nitrogen and oxygen atoms in total. The average molecular weight is 406 g/mol. The van der Waals surface area contributed by atoms with Crippen LogP contribution in [0.3, 0.4) is 0 Å². The van der Waals surface area contributed by atoms with E-state index in [-0.39, 0.29) is 5.91 Å². The minimum absolute atomic E-state index is 0.122. The van der Waals surface area contributed by atoms with Gasteiger partial charge in [0.2, 0.25) is 17.6 Å². The van der Waals surface area contributed by atoms with E-state index in [0.717, 1.165) is 42.8 Å². The SMILES string of the molecule is Cc1ccccc1OCC1CCCN(C(=O)CCc2nc(-c3cccnc3)no2)C1. The molecule has 2 aromatic heterocycles. The van der Waals surface area contributed by atoms with E-state index >= 15 is 0 Å². The van der Waals surface area contributed by atoms with Crippen LogP contribution in [0.15, 0.2) is 53.3 Å². The molecule has 1 fully saturated rings. The van der Waals surface area contributed by atoms with E-state index in [1.54, 1.807) is 12.4 Å². The predicted octanol–water partition coefficient (Wildman–Crippen LogP) is 3.69. The van der Waals surface area contributed by atoms with E-state index in [0.29, 0.717) is 37.1 Å². The second kappa shape index (κ2) is 9.52. The van der Waals surface area contributed by atoms with Gasteiger partial charge in [0, 0.05) is 49.8 Å². The third-order valence-corrected chi connectivity index (χ3v) is 5.38. The first-order valence-electron chi connectivity index (χ1n) is 10.4. The van der Waals surface area contributed by atoms with Crippen LogP contribution in [0.5, 0.6) is 5.75 Å². The van der Waals surface area contributed by atoms with E-state index < -0.39 is 0 Å². The van der Waals surface area contributed by atoms with Crippen LogP contribution in [0, 0.1) is 12.8 Å². The summed E-state index contributed by atoms with van der Waals surface area (Å²) in [4.78, 5) is 23.1. The molecule has 7 heteroatoms. The highest BCUT2D eigenvalue weighted by Crippen LogP contribution is 2.22. The summed E-state index contributed by atoms with van der Waals surface area (Å²) in [6, 6.07) is 11.7. The Kier molecular flexibility index (Phi) is 6.37. The lowest BCUT2D eigenvalue weighted by molar-refractivity contribution is -0.133. The molecule has 0 N–H and O–H groups in total. The Balaban J connectivity index is 1.26. The highest BCUT2D eigenvalue weighted by atomic mass is 16.5. The maximum atomic E-state index is 12.7. The molecule has 0 radical (unpaired) electrons.